The summed E-state index contributed by atoms with van der Waals surface area (Å²) in [5.41, 5.74) is 1.28. The molecule has 1 amide bonds. The summed E-state index contributed by atoms with van der Waals surface area (Å²) in [6, 6.07) is 4.52. The number of nitrogens with one attached hydrogen (secondary N) is 1. The number of likely N-dealkylation sites (tertiary alicyclic amines) is 1. The van der Waals surface area contributed by atoms with E-state index in [9.17, 15) is 14.3 Å². The molecule has 2 fully saturated rings. The van der Waals surface area contributed by atoms with Crippen LogP contribution in [0.25, 0.3) is 10.9 Å². The molecule has 1 atom stereocenters. The van der Waals surface area contributed by atoms with E-state index in [-0.39, 0.29) is 11.7 Å². The molecule has 3 heterocycles. The summed E-state index contributed by atoms with van der Waals surface area (Å²) in [6.45, 7) is 6.71. The van der Waals surface area contributed by atoms with Gasteiger partial charge in [-0.3, -0.25) is 9.69 Å². The van der Waals surface area contributed by atoms with E-state index in [0.717, 1.165) is 36.0 Å². The van der Waals surface area contributed by atoms with Gasteiger partial charge >= 0.3 is 0 Å². The van der Waals surface area contributed by atoms with E-state index < -0.39 is 5.60 Å². The SMILES string of the molecule is Cc1c(C(=O)N2CCCC(O)(CN3CCOCC3)CC2)[nH]c2ccc(F)cc12. The van der Waals surface area contributed by atoms with E-state index >= 15 is 0 Å². The summed E-state index contributed by atoms with van der Waals surface area (Å²) >= 11 is 0. The zero-order valence-corrected chi connectivity index (χ0v) is 16.3. The second-order valence-electron chi connectivity index (χ2n) is 8.07. The molecule has 7 heteroatoms. The number of carbonyl (C=O) groups is 1. The van der Waals surface area contributed by atoms with E-state index in [0.29, 0.717) is 51.4 Å². The first-order valence-electron chi connectivity index (χ1n) is 10.0. The van der Waals surface area contributed by atoms with Crippen molar-refractivity contribution in [2.24, 2.45) is 0 Å². The van der Waals surface area contributed by atoms with E-state index in [1.165, 1.54) is 12.1 Å². The number of amides is 1. The van der Waals surface area contributed by atoms with Gasteiger partial charge in [0.25, 0.3) is 5.91 Å². The number of aromatic amines is 1. The minimum atomic E-state index is -0.773. The Morgan fingerprint density at radius 1 is 1.25 bits per heavy atom. The maximum atomic E-state index is 13.6. The Balaban J connectivity index is 1.46. The minimum Gasteiger partial charge on any atom is -0.388 e. The van der Waals surface area contributed by atoms with Crippen molar-refractivity contribution in [1.82, 2.24) is 14.8 Å². The van der Waals surface area contributed by atoms with Gasteiger partial charge in [-0.2, -0.15) is 0 Å². The first-order chi connectivity index (χ1) is 13.5. The predicted molar refractivity (Wildman–Crippen MR) is 105 cm³/mol. The molecule has 2 aliphatic rings. The monoisotopic (exact) mass is 389 g/mol. The van der Waals surface area contributed by atoms with E-state index in [2.05, 4.69) is 9.88 Å². The molecule has 2 N–H and O–H groups in total. The van der Waals surface area contributed by atoms with Crippen LogP contribution in [-0.2, 0) is 4.74 Å². The number of H-pyrrole nitrogens is 1. The van der Waals surface area contributed by atoms with Gasteiger partial charge in [0.15, 0.2) is 0 Å². The molecule has 2 aliphatic heterocycles. The standard InChI is InChI=1S/C21H28FN3O3/c1-15-17-13-16(22)3-4-18(17)23-19(15)20(26)25-7-2-5-21(27,6-8-25)14-24-9-11-28-12-10-24/h3-4,13,23,27H,2,5-12,14H2,1H3. The van der Waals surface area contributed by atoms with Crippen molar-refractivity contribution >= 4 is 16.8 Å². The molecule has 0 aliphatic carbocycles. The lowest BCUT2D eigenvalue weighted by molar-refractivity contribution is -0.0389. The predicted octanol–water partition coefficient (Wildman–Crippen LogP) is 2.30. The number of rotatable bonds is 3. The van der Waals surface area contributed by atoms with Crippen LogP contribution in [0.1, 0.15) is 35.3 Å². The number of hydrogen-bond donors (Lipinski definition) is 2. The molecule has 4 rings (SSSR count). The highest BCUT2D eigenvalue weighted by Gasteiger charge is 2.34. The average Bonchev–Trinajstić information content (AvgIpc) is 2.88. The van der Waals surface area contributed by atoms with Crippen molar-refractivity contribution < 1.29 is 19.0 Å². The van der Waals surface area contributed by atoms with Crippen LogP contribution in [0.2, 0.25) is 0 Å². The van der Waals surface area contributed by atoms with Crippen molar-refractivity contribution in [2.45, 2.75) is 31.8 Å². The molecular weight excluding hydrogens is 361 g/mol. The van der Waals surface area contributed by atoms with Crippen LogP contribution in [0.15, 0.2) is 18.2 Å². The smallest absolute Gasteiger partial charge is 0.270 e. The first-order valence-corrected chi connectivity index (χ1v) is 10.0. The topological polar surface area (TPSA) is 68.8 Å². The molecular formula is C21H28FN3O3. The van der Waals surface area contributed by atoms with Crippen molar-refractivity contribution in [3.63, 3.8) is 0 Å². The largest absolute Gasteiger partial charge is 0.388 e. The first kappa shape index (κ1) is 19.4. The third kappa shape index (κ3) is 3.92. The normalized spacial score (nSPS) is 24.5. The highest BCUT2D eigenvalue weighted by molar-refractivity contribution is 6.00. The third-order valence-electron chi connectivity index (χ3n) is 6.06. The average molecular weight is 389 g/mol. The van der Waals surface area contributed by atoms with Crippen LogP contribution in [0.5, 0.6) is 0 Å². The van der Waals surface area contributed by atoms with E-state index in [4.69, 9.17) is 4.74 Å². The zero-order valence-electron chi connectivity index (χ0n) is 16.3. The second kappa shape index (κ2) is 7.81. The van der Waals surface area contributed by atoms with Gasteiger partial charge in [-0.05, 0) is 49.9 Å². The summed E-state index contributed by atoms with van der Waals surface area (Å²) in [4.78, 5) is 20.3. The second-order valence-corrected chi connectivity index (χ2v) is 8.07. The Labute approximate surface area is 164 Å². The van der Waals surface area contributed by atoms with Gasteiger partial charge in [0.05, 0.1) is 18.8 Å². The maximum absolute atomic E-state index is 13.6. The number of halogens is 1. The Morgan fingerprint density at radius 2 is 2.04 bits per heavy atom. The van der Waals surface area contributed by atoms with Crippen LogP contribution < -0.4 is 0 Å². The summed E-state index contributed by atoms with van der Waals surface area (Å²) in [7, 11) is 0. The van der Waals surface area contributed by atoms with E-state index in [1.54, 1.807) is 6.07 Å². The molecule has 2 aromatic rings. The molecule has 28 heavy (non-hydrogen) atoms. The van der Waals surface area contributed by atoms with Crippen molar-refractivity contribution in [3.8, 4) is 0 Å². The number of morpholine rings is 1. The fourth-order valence-corrected chi connectivity index (χ4v) is 4.39. The molecule has 1 unspecified atom stereocenters. The number of fused-ring (bicyclic) bond motifs is 1. The number of aromatic nitrogens is 1. The van der Waals surface area contributed by atoms with Crippen LogP contribution in [0.4, 0.5) is 4.39 Å². The lowest BCUT2D eigenvalue weighted by Crippen LogP contribution is -2.48. The molecule has 1 aromatic carbocycles. The van der Waals surface area contributed by atoms with Gasteiger partial charge in [0.2, 0.25) is 0 Å². The Bertz CT molecular complexity index is 862. The number of carbonyl (C=O) groups excluding carboxylic acids is 1. The fraction of sp³-hybridized carbons (Fsp3) is 0.571. The highest BCUT2D eigenvalue weighted by atomic mass is 19.1. The molecule has 152 valence electrons. The zero-order chi connectivity index (χ0) is 19.7. The van der Waals surface area contributed by atoms with Gasteiger partial charge in [-0.15, -0.1) is 0 Å². The molecule has 1 aromatic heterocycles. The Hall–Kier alpha value is -1.96. The van der Waals surface area contributed by atoms with Gasteiger partial charge in [-0.25, -0.2) is 4.39 Å². The molecule has 0 bridgehead atoms. The molecule has 2 saturated heterocycles. The number of β-amino-alcohol motifs (C(OH)–C–C–N with tert-alkyl or cyclic N) is 1. The number of aryl methyl sites for hydroxylation is 1. The van der Waals surface area contributed by atoms with Gasteiger partial charge in [0.1, 0.15) is 11.5 Å². The summed E-state index contributed by atoms with van der Waals surface area (Å²) in [5.74, 6) is -0.388. The number of ether oxygens (including phenoxy) is 1. The van der Waals surface area contributed by atoms with Crippen LogP contribution >= 0.6 is 0 Å². The minimum absolute atomic E-state index is 0.0790. The number of nitrogens with zero attached hydrogens (tertiary/aromatic N) is 2. The number of benzene rings is 1. The van der Waals surface area contributed by atoms with Gasteiger partial charge in [-0.1, -0.05) is 0 Å². The van der Waals surface area contributed by atoms with Crippen molar-refractivity contribution in [1.29, 1.82) is 0 Å². The van der Waals surface area contributed by atoms with Crippen molar-refractivity contribution in [3.05, 3.63) is 35.3 Å². The Morgan fingerprint density at radius 3 is 2.82 bits per heavy atom. The number of aliphatic hydroxyl groups is 1. The summed E-state index contributed by atoms with van der Waals surface area (Å²) in [6.07, 6.45) is 2.01. The molecule has 0 radical (unpaired) electrons. The van der Waals surface area contributed by atoms with Crippen LogP contribution in [0.3, 0.4) is 0 Å². The van der Waals surface area contributed by atoms with Crippen LogP contribution in [0, 0.1) is 12.7 Å². The maximum Gasteiger partial charge on any atom is 0.270 e. The van der Waals surface area contributed by atoms with E-state index in [1.807, 2.05) is 11.8 Å². The van der Waals surface area contributed by atoms with Gasteiger partial charge in [0, 0.05) is 43.6 Å². The molecule has 6 nitrogen and oxygen atoms in total. The number of hydrogen-bond acceptors (Lipinski definition) is 4. The summed E-state index contributed by atoms with van der Waals surface area (Å²) < 4.78 is 18.9. The summed E-state index contributed by atoms with van der Waals surface area (Å²) in [5, 5.41) is 11.8. The lowest BCUT2D eigenvalue weighted by atomic mass is 9.94. The van der Waals surface area contributed by atoms with Crippen molar-refractivity contribution in [2.75, 3.05) is 45.9 Å². The molecule has 0 spiro atoms. The third-order valence-corrected chi connectivity index (χ3v) is 6.06. The highest BCUT2D eigenvalue weighted by Crippen LogP contribution is 2.27. The Kier molecular flexibility index (Phi) is 5.40. The fourth-order valence-electron chi connectivity index (χ4n) is 4.39. The quantitative estimate of drug-likeness (QED) is 0.845. The van der Waals surface area contributed by atoms with Gasteiger partial charge < -0.3 is 19.7 Å². The molecule has 0 saturated carbocycles. The van der Waals surface area contributed by atoms with Crippen LogP contribution in [-0.4, -0.2) is 77.3 Å². The lowest BCUT2D eigenvalue weighted by Gasteiger charge is -2.35.